The Labute approximate surface area is 109 Å². The first-order valence-corrected chi connectivity index (χ1v) is 6.25. The number of nitrogens with one attached hydrogen (secondary N) is 1. The Morgan fingerprint density at radius 1 is 1.39 bits per heavy atom. The second-order valence-electron chi connectivity index (χ2n) is 4.37. The van der Waals surface area contributed by atoms with Gasteiger partial charge in [0, 0.05) is 12.6 Å². The average molecular weight is 247 g/mol. The molecule has 0 saturated heterocycles. The molecule has 0 radical (unpaired) electrons. The third-order valence-corrected chi connectivity index (χ3v) is 2.86. The third kappa shape index (κ3) is 5.04. The van der Waals surface area contributed by atoms with E-state index in [0.717, 1.165) is 24.3 Å². The number of amides is 1. The van der Waals surface area contributed by atoms with Crippen molar-refractivity contribution in [2.75, 3.05) is 13.7 Å². The van der Waals surface area contributed by atoms with Crippen LogP contribution in [-0.2, 0) is 4.79 Å². The molecular weight excluding hydrogens is 226 g/mol. The highest BCUT2D eigenvalue weighted by molar-refractivity contribution is 5.91. The van der Waals surface area contributed by atoms with Crippen molar-refractivity contribution in [1.29, 1.82) is 0 Å². The number of ether oxygens (including phenoxy) is 1. The first-order valence-electron chi connectivity index (χ1n) is 6.25. The summed E-state index contributed by atoms with van der Waals surface area (Å²) < 4.78 is 5.07. The average Bonchev–Trinajstić information content (AvgIpc) is 2.42. The van der Waals surface area contributed by atoms with Crippen molar-refractivity contribution in [3.8, 4) is 5.75 Å². The van der Waals surface area contributed by atoms with Crippen LogP contribution in [0.2, 0.25) is 0 Å². The van der Waals surface area contributed by atoms with Gasteiger partial charge >= 0.3 is 0 Å². The summed E-state index contributed by atoms with van der Waals surface area (Å²) >= 11 is 0. The van der Waals surface area contributed by atoms with Crippen LogP contribution in [0, 0.1) is 5.92 Å². The Kier molecular flexibility index (Phi) is 5.98. The van der Waals surface area contributed by atoms with Crippen LogP contribution in [0.4, 0.5) is 0 Å². The molecule has 1 aromatic rings. The second-order valence-corrected chi connectivity index (χ2v) is 4.37. The molecule has 1 amide bonds. The highest BCUT2D eigenvalue weighted by Crippen LogP contribution is 2.12. The molecule has 1 rings (SSSR count). The monoisotopic (exact) mass is 247 g/mol. The standard InChI is InChI=1S/C15H21NO2/c1-4-12(2)11-16-15(17)10-7-13-5-8-14(18-3)9-6-13/h5-10,12H,4,11H2,1-3H3,(H,16,17)/b10-7+. The molecule has 1 atom stereocenters. The van der Waals surface area contributed by atoms with Crippen LogP contribution in [0.25, 0.3) is 6.08 Å². The summed E-state index contributed by atoms with van der Waals surface area (Å²) in [4.78, 5) is 11.5. The van der Waals surface area contributed by atoms with Crippen molar-refractivity contribution >= 4 is 12.0 Å². The predicted molar refractivity (Wildman–Crippen MR) is 74.5 cm³/mol. The fourth-order valence-electron chi connectivity index (χ4n) is 1.37. The second kappa shape index (κ2) is 7.54. The van der Waals surface area contributed by atoms with Crippen molar-refractivity contribution in [2.45, 2.75) is 20.3 Å². The third-order valence-electron chi connectivity index (χ3n) is 2.86. The van der Waals surface area contributed by atoms with E-state index in [0.29, 0.717) is 5.92 Å². The Morgan fingerprint density at radius 3 is 2.61 bits per heavy atom. The summed E-state index contributed by atoms with van der Waals surface area (Å²) in [5.74, 6) is 1.28. The summed E-state index contributed by atoms with van der Waals surface area (Å²) in [6, 6.07) is 7.57. The first kappa shape index (κ1) is 14.3. The van der Waals surface area contributed by atoms with Crippen LogP contribution in [0.15, 0.2) is 30.3 Å². The molecule has 0 aromatic heterocycles. The van der Waals surface area contributed by atoms with Gasteiger partial charge in [-0.05, 0) is 29.7 Å². The molecule has 18 heavy (non-hydrogen) atoms. The Morgan fingerprint density at radius 2 is 2.06 bits per heavy atom. The van der Waals surface area contributed by atoms with Crippen LogP contribution < -0.4 is 10.1 Å². The van der Waals surface area contributed by atoms with E-state index in [9.17, 15) is 4.79 Å². The lowest BCUT2D eigenvalue weighted by molar-refractivity contribution is -0.116. The molecule has 0 aliphatic carbocycles. The lowest BCUT2D eigenvalue weighted by Gasteiger charge is -2.07. The van der Waals surface area contributed by atoms with E-state index >= 15 is 0 Å². The van der Waals surface area contributed by atoms with Crippen LogP contribution in [-0.4, -0.2) is 19.6 Å². The zero-order chi connectivity index (χ0) is 13.4. The molecule has 98 valence electrons. The van der Waals surface area contributed by atoms with E-state index in [1.54, 1.807) is 19.3 Å². The van der Waals surface area contributed by atoms with Gasteiger partial charge in [0.15, 0.2) is 0 Å². The zero-order valence-corrected chi connectivity index (χ0v) is 11.3. The van der Waals surface area contributed by atoms with E-state index in [4.69, 9.17) is 4.74 Å². The summed E-state index contributed by atoms with van der Waals surface area (Å²) in [5, 5.41) is 2.88. The van der Waals surface area contributed by atoms with E-state index in [1.807, 2.05) is 24.3 Å². The van der Waals surface area contributed by atoms with Crippen molar-refractivity contribution in [3.05, 3.63) is 35.9 Å². The summed E-state index contributed by atoms with van der Waals surface area (Å²) in [5.41, 5.74) is 0.981. The van der Waals surface area contributed by atoms with Crippen molar-refractivity contribution < 1.29 is 9.53 Å². The fraction of sp³-hybridized carbons (Fsp3) is 0.400. The molecule has 3 heteroatoms. The first-order chi connectivity index (χ1) is 8.65. The van der Waals surface area contributed by atoms with Gasteiger partial charge in [0.25, 0.3) is 0 Å². The molecule has 1 aromatic carbocycles. The molecule has 1 N–H and O–H groups in total. The van der Waals surface area contributed by atoms with Crippen LogP contribution in [0.5, 0.6) is 5.75 Å². The lowest BCUT2D eigenvalue weighted by atomic mass is 10.1. The summed E-state index contributed by atoms with van der Waals surface area (Å²) in [7, 11) is 1.63. The molecule has 0 bridgehead atoms. The largest absolute Gasteiger partial charge is 0.497 e. The van der Waals surface area contributed by atoms with Gasteiger partial charge in [0.2, 0.25) is 5.91 Å². The maximum atomic E-state index is 11.5. The number of carbonyl (C=O) groups is 1. The van der Waals surface area contributed by atoms with Crippen molar-refractivity contribution in [2.24, 2.45) is 5.92 Å². The number of hydrogen-bond donors (Lipinski definition) is 1. The molecule has 1 unspecified atom stereocenters. The van der Waals surface area contributed by atoms with Gasteiger partial charge in [0.05, 0.1) is 7.11 Å². The number of hydrogen-bond acceptors (Lipinski definition) is 2. The lowest BCUT2D eigenvalue weighted by Crippen LogP contribution is -2.26. The molecule has 0 heterocycles. The van der Waals surface area contributed by atoms with Crippen molar-refractivity contribution in [3.63, 3.8) is 0 Å². The maximum Gasteiger partial charge on any atom is 0.244 e. The quantitative estimate of drug-likeness (QED) is 0.785. The van der Waals surface area contributed by atoms with E-state index in [1.165, 1.54) is 0 Å². The number of methoxy groups -OCH3 is 1. The highest BCUT2D eigenvalue weighted by atomic mass is 16.5. The van der Waals surface area contributed by atoms with Gasteiger partial charge in [0.1, 0.15) is 5.75 Å². The zero-order valence-electron chi connectivity index (χ0n) is 11.3. The predicted octanol–water partition coefficient (Wildman–Crippen LogP) is 2.87. The number of benzene rings is 1. The van der Waals surface area contributed by atoms with Gasteiger partial charge in [-0.1, -0.05) is 32.4 Å². The minimum absolute atomic E-state index is 0.0499. The van der Waals surface area contributed by atoms with Gasteiger partial charge in [-0.15, -0.1) is 0 Å². The normalized spacial score (nSPS) is 12.4. The Bertz CT molecular complexity index is 395. The smallest absolute Gasteiger partial charge is 0.244 e. The minimum Gasteiger partial charge on any atom is -0.497 e. The van der Waals surface area contributed by atoms with E-state index in [-0.39, 0.29) is 5.91 Å². The molecule has 0 saturated carbocycles. The number of carbonyl (C=O) groups excluding carboxylic acids is 1. The summed E-state index contributed by atoms with van der Waals surface area (Å²) in [6.07, 6.45) is 4.43. The highest BCUT2D eigenvalue weighted by Gasteiger charge is 2.00. The van der Waals surface area contributed by atoms with Crippen LogP contribution in [0.1, 0.15) is 25.8 Å². The molecular formula is C15H21NO2. The topological polar surface area (TPSA) is 38.3 Å². The molecule has 0 aliphatic rings. The van der Waals surface area contributed by atoms with Gasteiger partial charge < -0.3 is 10.1 Å². The van der Waals surface area contributed by atoms with E-state index in [2.05, 4.69) is 19.2 Å². The van der Waals surface area contributed by atoms with Crippen LogP contribution in [0.3, 0.4) is 0 Å². The van der Waals surface area contributed by atoms with E-state index < -0.39 is 0 Å². The Balaban J connectivity index is 2.45. The molecule has 3 nitrogen and oxygen atoms in total. The molecule has 0 spiro atoms. The van der Waals surface area contributed by atoms with Crippen LogP contribution >= 0.6 is 0 Å². The fourth-order valence-corrected chi connectivity index (χ4v) is 1.37. The Hall–Kier alpha value is -1.77. The van der Waals surface area contributed by atoms with Crippen molar-refractivity contribution in [1.82, 2.24) is 5.32 Å². The maximum absolute atomic E-state index is 11.5. The summed E-state index contributed by atoms with van der Waals surface area (Å²) in [6.45, 7) is 4.96. The SMILES string of the molecule is CCC(C)CNC(=O)/C=C/c1ccc(OC)cc1. The van der Waals surface area contributed by atoms with Gasteiger partial charge in [-0.25, -0.2) is 0 Å². The molecule has 0 aliphatic heterocycles. The minimum atomic E-state index is -0.0499. The number of rotatable bonds is 6. The van der Waals surface area contributed by atoms with Gasteiger partial charge in [-0.3, -0.25) is 4.79 Å². The van der Waals surface area contributed by atoms with Gasteiger partial charge in [-0.2, -0.15) is 0 Å². The molecule has 0 fully saturated rings.